The van der Waals surface area contributed by atoms with Gasteiger partial charge in [0.15, 0.2) is 0 Å². The number of hydrazine groups is 1. The van der Waals surface area contributed by atoms with Crippen molar-refractivity contribution in [2.75, 3.05) is 0 Å². The van der Waals surface area contributed by atoms with E-state index >= 15 is 0 Å². The fourth-order valence-corrected chi connectivity index (χ4v) is 3.97. The maximum absolute atomic E-state index is 5.89. The minimum absolute atomic E-state index is 0.531. The first-order chi connectivity index (χ1) is 9.40. The number of rotatable bonds is 4. The molecule has 1 aromatic rings. The summed E-state index contributed by atoms with van der Waals surface area (Å²) in [5.74, 6) is 8.18. The number of nitrogens with one attached hydrogen (secondary N) is 1. The molecule has 2 nitrogen and oxygen atoms in total. The topological polar surface area (TPSA) is 38.0 Å². The average Bonchev–Trinajstić information content (AvgIpc) is 3.25. The Kier molecular flexibility index (Phi) is 4.19. The molecule has 0 heterocycles. The van der Waals surface area contributed by atoms with Crippen LogP contribution in [0.1, 0.15) is 56.4 Å². The summed E-state index contributed by atoms with van der Waals surface area (Å²) in [4.78, 5) is 0. The molecule has 3 N–H and O–H groups in total. The standard InChI is InChI=1S/C17H26N2/c18-19-17(14-10-4-1-2-5-11-14)16-12-15(16)13-8-6-3-7-9-13/h3,6-9,14-17,19H,1-2,4-5,10-12,18H2. The molecule has 3 rings (SSSR count). The van der Waals surface area contributed by atoms with Crippen LogP contribution in [-0.4, -0.2) is 6.04 Å². The van der Waals surface area contributed by atoms with Crippen LogP contribution in [0.4, 0.5) is 0 Å². The Hall–Kier alpha value is -0.860. The van der Waals surface area contributed by atoms with Crippen molar-refractivity contribution in [3.05, 3.63) is 35.9 Å². The third kappa shape index (κ3) is 3.01. The van der Waals surface area contributed by atoms with Gasteiger partial charge in [-0.25, -0.2) is 0 Å². The Morgan fingerprint density at radius 3 is 2.32 bits per heavy atom. The molecule has 0 saturated heterocycles. The molecule has 3 atom stereocenters. The summed E-state index contributed by atoms with van der Waals surface area (Å²) in [7, 11) is 0. The van der Waals surface area contributed by atoms with Gasteiger partial charge in [0.2, 0.25) is 0 Å². The zero-order valence-electron chi connectivity index (χ0n) is 11.7. The van der Waals surface area contributed by atoms with Gasteiger partial charge in [-0.2, -0.15) is 0 Å². The normalized spacial score (nSPS) is 29.7. The van der Waals surface area contributed by atoms with Gasteiger partial charge in [-0.05, 0) is 42.6 Å². The lowest BCUT2D eigenvalue weighted by atomic mass is 9.88. The molecule has 2 aliphatic rings. The fourth-order valence-electron chi connectivity index (χ4n) is 3.97. The van der Waals surface area contributed by atoms with Crippen LogP contribution in [-0.2, 0) is 0 Å². The van der Waals surface area contributed by atoms with E-state index < -0.39 is 0 Å². The maximum atomic E-state index is 5.89. The van der Waals surface area contributed by atoms with Gasteiger partial charge >= 0.3 is 0 Å². The first-order valence-electron chi connectivity index (χ1n) is 7.91. The molecule has 2 aliphatic carbocycles. The largest absolute Gasteiger partial charge is 0.271 e. The van der Waals surface area contributed by atoms with E-state index in [4.69, 9.17) is 5.84 Å². The van der Waals surface area contributed by atoms with Crippen molar-refractivity contribution in [1.82, 2.24) is 5.43 Å². The molecule has 19 heavy (non-hydrogen) atoms. The van der Waals surface area contributed by atoms with Gasteiger partial charge in [0.25, 0.3) is 0 Å². The van der Waals surface area contributed by atoms with E-state index in [1.54, 1.807) is 0 Å². The van der Waals surface area contributed by atoms with E-state index in [1.165, 1.54) is 50.5 Å². The molecule has 0 aromatic heterocycles. The van der Waals surface area contributed by atoms with Crippen molar-refractivity contribution in [1.29, 1.82) is 0 Å². The first-order valence-corrected chi connectivity index (χ1v) is 7.91. The highest BCUT2D eigenvalue weighted by Gasteiger charge is 2.45. The van der Waals surface area contributed by atoms with Crippen LogP contribution < -0.4 is 11.3 Å². The number of hydrogen-bond donors (Lipinski definition) is 2. The number of nitrogens with two attached hydrogens (primary N) is 1. The molecule has 0 bridgehead atoms. The van der Waals surface area contributed by atoms with Crippen LogP contribution in [0.3, 0.4) is 0 Å². The molecular formula is C17H26N2. The Balaban J connectivity index is 1.64. The van der Waals surface area contributed by atoms with Crippen molar-refractivity contribution < 1.29 is 0 Å². The Labute approximate surface area is 116 Å². The van der Waals surface area contributed by atoms with Gasteiger partial charge < -0.3 is 0 Å². The highest BCUT2D eigenvalue weighted by molar-refractivity contribution is 5.26. The van der Waals surface area contributed by atoms with Crippen molar-refractivity contribution in [2.45, 2.75) is 56.9 Å². The summed E-state index contributed by atoms with van der Waals surface area (Å²) in [6.07, 6.45) is 9.67. The predicted molar refractivity (Wildman–Crippen MR) is 79.6 cm³/mol. The summed E-state index contributed by atoms with van der Waals surface area (Å²) in [5.41, 5.74) is 4.66. The van der Waals surface area contributed by atoms with E-state index in [0.717, 1.165) is 17.8 Å². The Bertz CT molecular complexity index is 382. The van der Waals surface area contributed by atoms with Crippen LogP contribution in [0.25, 0.3) is 0 Å². The molecule has 2 heteroatoms. The van der Waals surface area contributed by atoms with Crippen LogP contribution in [0.15, 0.2) is 30.3 Å². The molecule has 3 unspecified atom stereocenters. The summed E-state index contributed by atoms with van der Waals surface area (Å²) < 4.78 is 0. The highest BCUT2D eigenvalue weighted by atomic mass is 15.2. The SMILES string of the molecule is NNC(C1CCCCCC1)C1CC1c1ccccc1. The second kappa shape index (κ2) is 6.06. The van der Waals surface area contributed by atoms with Gasteiger partial charge in [0.05, 0.1) is 0 Å². The van der Waals surface area contributed by atoms with Crippen molar-refractivity contribution >= 4 is 0 Å². The lowest BCUT2D eigenvalue weighted by Crippen LogP contribution is -2.42. The molecule has 2 fully saturated rings. The van der Waals surface area contributed by atoms with Crippen LogP contribution >= 0.6 is 0 Å². The quantitative estimate of drug-likeness (QED) is 0.492. The van der Waals surface area contributed by atoms with Crippen molar-refractivity contribution in [3.63, 3.8) is 0 Å². The number of benzene rings is 1. The second-order valence-electron chi connectivity index (χ2n) is 6.36. The molecule has 1 aromatic carbocycles. The smallest absolute Gasteiger partial charge is 0.0273 e. The predicted octanol–water partition coefficient (Wildman–Crippen LogP) is 3.59. The lowest BCUT2D eigenvalue weighted by Gasteiger charge is -2.26. The average molecular weight is 258 g/mol. The van der Waals surface area contributed by atoms with E-state index in [1.807, 2.05) is 0 Å². The van der Waals surface area contributed by atoms with Crippen LogP contribution in [0.5, 0.6) is 0 Å². The molecular weight excluding hydrogens is 232 g/mol. The summed E-state index contributed by atoms with van der Waals surface area (Å²) in [5, 5.41) is 0. The zero-order chi connectivity index (χ0) is 13.1. The van der Waals surface area contributed by atoms with Gasteiger partial charge in [0, 0.05) is 6.04 Å². The minimum Gasteiger partial charge on any atom is -0.271 e. The van der Waals surface area contributed by atoms with E-state index in [2.05, 4.69) is 35.8 Å². The third-order valence-electron chi connectivity index (χ3n) is 5.13. The summed E-state index contributed by atoms with van der Waals surface area (Å²) in [6, 6.07) is 11.5. The monoisotopic (exact) mass is 258 g/mol. The molecule has 0 spiro atoms. The van der Waals surface area contributed by atoms with Crippen LogP contribution in [0.2, 0.25) is 0 Å². The Morgan fingerprint density at radius 2 is 1.68 bits per heavy atom. The van der Waals surface area contributed by atoms with Gasteiger partial charge in [-0.15, -0.1) is 0 Å². The Morgan fingerprint density at radius 1 is 1.00 bits per heavy atom. The van der Waals surface area contributed by atoms with Crippen molar-refractivity contribution in [3.8, 4) is 0 Å². The maximum Gasteiger partial charge on any atom is 0.0273 e. The molecule has 0 radical (unpaired) electrons. The van der Waals surface area contributed by atoms with Crippen LogP contribution in [0, 0.1) is 11.8 Å². The van der Waals surface area contributed by atoms with E-state index in [-0.39, 0.29) is 0 Å². The second-order valence-corrected chi connectivity index (χ2v) is 6.36. The zero-order valence-corrected chi connectivity index (χ0v) is 11.7. The van der Waals surface area contributed by atoms with E-state index in [0.29, 0.717) is 6.04 Å². The van der Waals surface area contributed by atoms with Gasteiger partial charge in [0.1, 0.15) is 0 Å². The molecule has 104 valence electrons. The van der Waals surface area contributed by atoms with E-state index in [9.17, 15) is 0 Å². The minimum atomic E-state index is 0.531. The third-order valence-corrected chi connectivity index (χ3v) is 5.13. The lowest BCUT2D eigenvalue weighted by molar-refractivity contribution is 0.291. The summed E-state index contributed by atoms with van der Waals surface area (Å²) >= 11 is 0. The highest BCUT2D eigenvalue weighted by Crippen LogP contribution is 2.51. The van der Waals surface area contributed by atoms with Gasteiger partial charge in [-0.1, -0.05) is 56.0 Å². The molecule has 2 saturated carbocycles. The number of hydrogen-bond acceptors (Lipinski definition) is 2. The molecule has 0 aliphatic heterocycles. The first kappa shape index (κ1) is 13.1. The molecule has 0 amide bonds. The van der Waals surface area contributed by atoms with Gasteiger partial charge in [-0.3, -0.25) is 11.3 Å². The fraction of sp³-hybridized carbons (Fsp3) is 0.647. The summed E-state index contributed by atoms with van der Waals surface area (Å²) in [6.45, 7) is 0. The van der Waals surface area contributed by atoms with Crippen molar-refractivity contribution in [2.24, 2.45) is 17.7 Å².